The number of rotatable bonds is 10. The molecule has 0 unspecified atom stereocenters. The lowest BCUT2D eigenvalue weighted by atomic mass is 10.1. The average Bonchev–Trinajstić information content (AvgIpc) is 2.55. The van der Waals surface area contributed by atoms with Gasteiger partial charge in [0.25, 0.3) is 0 Å². The third-order valence-electron chi connectivity index (χ3n) is 3.52. The van der Waals surface area contributed by atoms with Crippen molar-refractivity contribution in [2.45, 2.75) is 20.8 Å². The molecule has 0 spiro atoms. The lowest BCUT2D eigenvalue weighted by molar-refractivity contribution is -0.117. The van der Waals surface area contributed by atoms with Crippen molar-refractivity contribution in [3.05, 3.63) is 41.5 Å². The van der Waals surface area contributed by atoms with E-state index in [1.54, 1.807) is 0 Å². The standard InChI is InChI=1S/C18H28N2O2/c1-4-20(5-2)12-14-22-13-11-19-18(21)16(3)15-17-9-7-6-8-10-17/h6-10,15H,4-5,11-14H2,1-3H3,(H,19,21)/b16-15+. The predicted octanol–water partition coefficient (Wildman–Crippen LogP) is 2.56. The van der Waals surface area contributed by atoms with Crippen LogP contribution in [-0.4, -0.2) is 50.2 Å². The maximum atomic E-state index is 11.9. The highest BCUT2D eigenvalue weighted by atomic mass is 16.5. The van der Waals surface area contributed by atoms with Crippen molar-refractivity contribution in [3.63, 3.8) is 0 Å². The molecule has 1 N–H and O–H groups in total. The molecular weight excluding hydrogens is 276 g/mol. The smallest absolute Gasteiger partial charge is 0.247 e. The number of likely N-dealkylation sites (N-methyl/N-ethyl adjacent to an activating group) is 1. The Morgan fingerprint density at radius 3 is 2.50 bits per heavy atom. The molecule has 22 heavy (non-hydrogen) atoms. The molecule has 0 bridgehead atoms. The molecule has 1 amide bonds. The van der Waals surface area contributed by atoms with Crippen LogP contribution in [0.1, 0.15) is 26.3 Å². The summed E-state index contributed by atoms with van der Waals surface area (Å²) in [6.07, 6.45) is 1.89. The summed E-state index contributed by atoms with van der Waals surface area (Å²) in [6.45, 7) is 10.9. The molecular formula is C18H28N2O2. The van der Waals surface area contributed by atoms with E-state index < -0.39 is 0 Å². The quantitative estimate of drug-likeness (QED) is 0.533. The fourth-order valence-electron chi connectivity index (χ4n) is 2.08. The third-order valence-corrected chi connectivity index (χ3v) is 3.52. The van der Waals surface area contributed by atoms with E-state index in [0.717, 1.165) is 25.2 Å². The molecule has 4 heteroatoms. The molecule has 0 heterocycles. The number of hydrogen-bond acceptors (Lipinski definition) is 3. The van der Waals surface area contributed by atoms with Gasteiger partial charge in [-0.3, -0.25) is 4.79 Å². The summed E-state index contributed by atoms with van der Waals surface area (Å²) in [5.41, 5.74) is 1.74. The lowest BCUT2D eigenvalue weighted by Gasteiger charge is -2.17. The summed E-state index contributed by atoms with van der Waals surface area (Å²) in [7, 11) is 0. The molecule has 0 aromatic heterocycles. The van der Waals surface area contributed by atoms with E-state index >= 15 is 0 Å². The largest absolute Gasteiger partial charge is 0.378 e. The van der Waals surface area contributed by atoms with Gasteiger partial charge in [0.2, 0.25) is 5.91 Å². The number of nitrogens with one attached hydrogen (secondary N) is 1. The van der Waals surface area contributed by atoms with Gasteiger partial charge in [0.1, 0.15) is 0 Å². The van der Waals surface area contributed by atoms with Crippen LogP contribution < -0.4 is 5.32 Å². The van der Waals surface area contributed by atoms with Crippen LogP contribution in [0.5, 0.6) is 0 Å². The summed E-state index contributed by atoms with van der Waals surface area (Å²) < 4.78 is 5.54. The van der Waals surface area contributed by atoms with Crippen molar-refractivity contribution in [1.29, 1.82) is 0 Å². The summed E-state index contributed by atoms with van der Waals surface area (Å²) in [5, 5.41) is 2.87. The molecule has 0 atom stereocenters. The first kappa shape index (κ1) is 18.4. The van der Waals surface area contributed by atoms with Gasteiger partial charge in [-0.05, 0) is 31.7 Å². The first-order valence-electron chi connectivity index (χ1n) is 7.99. The molecule has 122 valence electrons. The Hall–Kier alpha value is -1.65. The number of hydrogen-bond donors (Lipinski definition) is 1. The van der Waals surface area contributed by atoms with Crippen molar-refractivity contribution in [2.24, 2.45) is 0 Å². The normalized spacial score (nSPS) is 11.7. The fraction of sp³-hybridized carbons (Fsp3) is 0.500. The Kier molecular flexibility index (Phi) is 9.19. The van der Waals surface area contributed by atoms with E-state index in [-0.39, 0.29) is 5.91 Å². The van der Waals surface area contributed by atoms with E-state index in [9.17, 15) is 4.79 Å². The molecule has 0 aliphatic carbocycles. The maximum absolute atomic E-state index is 11.9. The highest BCUT2D eigenvalue weighted by Crippen LogP contribution is 2.05. The number of benzene rings is 1. The van der Waals surface area contributed by atoms with Crippen molar-refractivity contribution < 1.29 is 9.53 Å². The Morgan fingerprint density at radius 1 is 1.18 bits per heavy atom. The van der Waals surface area contributed by atoms with Crippen LogP contribution in [-0.2, 0) is 9.53 Å². The molecule has 0 radical (unpaired) electrons. The van der Waals surface area contributed by atoms with Gasteiger partial charge >= 0.3 is 0 Å². The van der Waals surface area contributed by atoms with E-state index in [2.05, 4.69) is 24.1 Å². The summed E-state index contributed by atoms with van der Waals surface area (Å²) in [5.74, 6) is -0.0452. The van der Waals surface area contributed by atoms with Gasteiger partial charge in [-0.2, -0.15) is 0 Å². The van der Waals surface area contributed by atoms with Crippen LogP contribution >= 0.6 is 0 Å². The summed E-state index contributed by atoms with van der Waals surface area (Å²) >= 11 is 0. The zero-order chi connectivity index (χ0) is 16.2. The number of ether oxygens (including phenoxy) is 1. The van der Waals surface area contributed by atoms with Crippen LogP contribution in [0.3, 0.4) is 0 Å². The van der Waals surface area contributed by atoms with Gasteiger partial charge in [-0.15, -0.1) is 0 Å². The van der Waals surface area contributed by atoms with Gasteiger partial charge in [-0.1, -0.05) is 44.2 Å². The van der Waals surface area contributed by atoms with Gasteiger partial charge < -0.3 is 15.0 Å². The molecule has 1 aromatic rings. The molecule has 0 fully saturated rings. The average molecular weight is 304 g/mol. The summed E-state index contributed by atoms with van der Waals surface area (Å²) in [6, 6.07) is 9.84. The van der Waals surface area contributed by atoms with Gasteiger partial charge in [0, 0.05) is 18.7 Å². The van der Waals surface area contributed by atoms with Crippen molar-refractivity contribution in [3.8, 4) is 0 Å². The van der Waals surface area contributed by atoms with Crippen LogP contribution in [0.4, 0.5) is 0 Å². The first-order chi connectivity index (χ1) is 10.7. The second kappa shape index (κ2) is 11.0. The number of carbonyl (C=O) groups excluding carboxylic acids is 1. The minimum Gasteiger partial charge on any atom is -0.378 e. The molecule has 1 rings (SSSR count). The van der Waals surface area contributed by atoms with Crippen LogP contribution in [0.2, 0.25) is 0 Å². The van der Waals surface area contributed by atoms with E-state index in [0.29, 0.717) is 25.3 Å². The Balaban J connectivity index is 2.19. The van der Waals surface area contributed by atoms with Crippen molar-refractivity contribution >= 4 is 12.0 Å². The topological polar surface area (TPSA) is 41.6 Å². The monoisotopic (exact) mass is 304 g/mol. The highest BCUT2D eigenvalue weighted by molar-refractivity contribution is 5.97. The minimum absolute atomic E-state index is 0.0452. The maximum Gasteiger partial charge on any atom is 0.247 e. The summed E-state index contributed by atoms with van der Waals surface area (Å²) in [4.78, 5) is 14.2. The first-order valence-corrected chi connectivity index (χ1v) is 7.99. The fourth-order valence-corrected chi connectivity index (χ4v) is 2.08. The van der Waals surface area contributed by atoms with Crippen LogP contribution in [0.15, 0.2) is 35.9 Å². The van der Waals surface area contributed by atoms with E-state index in [1.165, 1.54) is 0 Å². The van der Waals surface area contributed by atoms with Gasteiger partial charge in [0.15, 0.2) is 0 Å². The lowest BCUT2D eigenvalue weighted by Crippen LogP contribution is -2.30. The SMILES string of the molecule is CCN(CC)CCOCCNC(=O)/C(C)=C/c1ccccc1. The zero-order valence-electron chi connectivity index (χ0n) is 14.0. The number of carbonyl (C=O) groups is 1. The molecule has 1 aromatic carbocycles. The van der Waals surface area contributed by atoms with E-state index in [4.69, 9.17) is 4.74 Å². The Morgan fingerprint density at radius 2 is 1.86 bits per heavy atom. The Bertz CT molecular complexity index is 453. The molecule has 0 aliphatic heterocycles. The van der Waals surface area contributed by atoms with E-state index in [1.807, 2.05) is 43.3 Å². The zero-order valence-corrected chi connectivity index (χ0v) is 14.0. The number of nitrogens with zero attached hydrogens (tertiary/aromatic N) is 1. The highest BCUT2D eigenvalue weighted by Gasteiger charge is 2.03. The molecule has 4 nitrogen and oxygen atoms in total. The van der Waals surface area contributed by atoms with Crippen molar-refractivity contribution in [1.82, 2.24) is 10.2 Å². The molecule has 0 saturated carbocycles. The molecule has 0 aliphatic rings. The van der Waals surface area contributed by atoms with Gasteiger partial charge in [0.05, 0.1) is 13.2 Å². The Labute approximate surface area is 134 Å². The van der Waals surface area contributed by atoms with Crippen molar-refractivity contribution in [2.75, 3.05) is 39.4 Å². The second-order valence-electron chi connectivity index (χ2n) is 5.13. The molecule has 0 saturated heterocycles. The minimum atomic E-state index is -0.0452. The second-order valence-corrected chi connectivity index (χ2v) is 5.13. The van der Waals surface area contributed by atoms with Gasteiger partial charge in [-0.25, -0.2) is 0 Å². The van der Waals surface area contributed by atoms with Crippen LogP contribution in [0.25, 0.3) is 6.08 Å². The third kappa shape index (κ3) is 7.38. The number of amides is 1. The predicted molar refractivity (Wildman–Crippen MR) is 91.7 cm³/mol. The van der Waals surface area contributed by atoms with Crippen LogP contribution in [0, 0.1) is 0 Å².